The van der Waals surface area contributed by atoms with Crippen LogP contribution in [-0.4, -0.2) is 44.6 Å². The Kier molecular flexibility index (Phi) is 4.04. The van der Waals surface area contributed by atoms with Crippen LogP contribution in [0.4, 0.5) is 4.79 Å². The van der Waals surface area contributed by atoms with E-state index in [0.717, 1.165) is 6.42 Å². The van der Waals surface area contributed by atoms with Gasteiger partial charge in [-0.15, -0.1) is 0 Å². The largest absolute Gasteiger partial charge is 0.444 e. The topological polar surface area (TPSA) is 67.6 Å². The first kappa shape index (κ1) is 14.8. The Labute approximate surface area is 119 Å². The van der Waals surface area contributed by atoms with Crippen molar-refractivity contribution in [2.24, 2.45) is 13.0 Å². The normalized spacial score (nSPS) is 21.1. The highest BCUT2D eigenvalue weighted by molar-refractivity contribution is 5.68. The molecule has 20 heavy (non-hydrogen) atoms. The van der Waals surface area contributed by atoms with Crippen LogP contribution in [0, 0.1) is 5.92 Å². The van der Waals surface area contributed by atoms with Crippen molar-refractivity contribution in [2.75, 3.05) is 13.1 Å². The minimum atomic E-state index is -0.636. The lowest BCUT2D eigenvalue weighted by Gasteiger charge is -2.24. The second-order valence-corrected chi connectivity index (χ2v) is 6.33. The highest BCUT2D eigenvalue weighted by Crippen LogP contribution is 2.29. The maximum absolute atomic E-state index is 12.0. The lowest BCUT2D eigenvalue weighted by molar-refractivity contribution is 0.0266. The molecule has 112 valence electrons. The summed E-state index contributed by atoms with van der Waals surface area (Å²) in [4.78, 5) is 13.6. The van der Waals surface area contributed by atoms with Gasteiger partial charge in [-0.05, 0) is 33.3 Å². The molecule has 1 aliphatic rings. The minimum absolute atomic E-state index is 0.0115. The van der Waals surface area contributed by atoms with E-state index in [1.165, 1.54) is 0 Å². The minimum Gasteiger partial charge on any atom is -0.444 e. The van der Waals surface area contributed by atoms with Gasteiger partial charge in [-0.25, -0.2) is 4.79 Å². The Bertz CT molecular complexity index is 478. The SMILES string of the molecule is Cn1ccc(C(O)C2CCN(C(=O)OC(C)(C)C)C2)n1. The molecule has 1 N–H and O–H groups in total. The maximum Gasteiger partial charge on any atom is 0.410 e. The zero-order valence-corrected chi connectivity index (χ0v) is 12.5. The Hall–Kier alpha value is -1.56. The number of nitrogens with zero attached hydrogens (tertiary/aromatic N) is 3. The zero-order valence-electron chi connectivity index (χ0n) is 12.5. The third-order valence-electron chi connectivity index (χ3n) is 3.36. The highest BCUT2D eigenvalue weighted by Gasteiger charge is 2.34. The van der Waals surface area contributed by atoms with Gasteiger partial charge in [0.2, 0.25) is 0 Å². The number of aliphatic hydroxyl groups is 1. The van der Waals surface area contributed by atoms with Gasteiger partial charge >= 0.3 is 6.09 Å². The van der Waals surface area contributed by atoms with Gasteiger partial charge in [0.05, 0.1) is 5.69 Å². The van der Waals surface area contributed by atoms with Gasteiger partial charge < -0.3 is 14.7 Å². The Balaban J connectivity index is 1.93. The number of carbonyl (C=O) groups is 1. The molecule has 2 unspecified atom stereocenters. The molecular formula is C14H23N3O3. The number of carbonyl (C=O) groups excluding carboxylic acids is 1. The molecule has 2 heterocycles. The predicted molar refractivity (Wildman–Crippen MR) is 74.1 cm³/mol. The second kappa shape index (κ2) is 5.44. The van der Waals surface area contributed by atoms with Gasteiger partial charge in [-0.1, -0.05) is 0 Å². The van der Waals surface area contributed by atoms with Crippen LogP contribution in [0.3, 0.4) is 0 Å². The zero-order chi connectivity index (χ0) is 14.9. The number of amides is 1. The molecule has 0 spiro atoms. The molecule has 1 aliphatic heterocycles. The monoisotopic (exact) mass is 281 g/mol. The summed E-state index contributed by atoms with van der Waals surface area (Å²) in [5.74, 6) is 0.0115. The first-order valence-corrected chi connectivity index (χ1v) is 6.92. The summed E-state index contributed by atoms with van der Waals surface area (Å²) in [5, 5.41) is 14.5. The molecule has 0 aromatic carbocycles. The summed E-state index contributed by atoms with van der Waals surface area (Å²) >= 11 is 0. The third-order valence-corrected chi connectivity index (χ3v) is 3.36. The van der Waals surface area contributed by atoms with Crippen LogP contribution in [0.2, 0.25) is 0 Å². The average Bonchev–Trinajstić information content (AvgIpc) is 2.94. The van der Waals surface area contributed by atoms with E-state index in [1.807, 2.05) is 27.8 Å². The molecule has 1 aromatic heterocycles. The van der Waals surface area contributed by atoms with Gasteiger partial charge in [-0.3, -0.25) is 4.68 Å². The Morgan fingerprint density at radius 3 is 2.80 bits per heavy atom. The van der Waals surface area contributed by atoms with Crippen molar-refractivity contribution in [2.45, 2.75) is 38.9 Å². The van der Waals surface area contributed by atoms with E-state index >= 15 is 0 Å². The van der Waals surface area contributed by atoms with Crippen molar-refractivity contribution in [1.82, 2.24) is 14.7 Å². The molecule has 1 fully saturated rings. The van der Waals surface area contributed by atoms with Crippen LogP contribution in [0.1, 0.15) is 39.0 Å². The molecule has 0 aliphatic carbocycles. The van der Waals surface area contributed by atoms with E-state index < -0.39 is 11.7 Å². The van der Waals surface area contributed by atoms with E-state index in [0.29, 0.717) is 18.8 Å². The van der Waals surface area contributed by atoms with Crippen LogP contribution in [0.15, 0.2) is 12.3 Å². The number of aryl methyl sites for hydroxylation is 1. The van der Waals surface area contributed by atoms with Gasteiger partial charge in [0.25, 0.3) is 0 Å². The van der Waals surface area contributed by atoms with Crippen molar-refractivity contribution < 1.29 is 14.6 Å². The Morgan fingerprint density at radius 1 is 1.55 bits per heavy atom. The van der Waals surface area contributed by atoms with E-state index in [1.54, 1.807) is 21.8 Å². The van der Waals surface area contributed by atoms with Crippen molar-refractivity contribution in [3.63, 3.8) is 0 Å². The lowest BCUT2D eigenvalue weighted by Crippen LogP contribution is -2.35. The van der Waals surface area contributed by atoms with Gasteiger partial charge in [0.1, 0.15) is 11.7 Å². The summed E-state index contributed by atoms with van der Waals surface area (Å²) in [5.41, 5.74) is 0.165. The van der Waals surface area contributed by atoms with Crippen LogP contribution < -0.4 is 0 Å². The van der Waals surface area contributed by atoms with Crippen molar-refractivity contribution >= 4 is 6.09 Å². The number of hydrogen-bond donors (Lipinski definition) is 1. The number of aliphatic hydroxyl groups excluding tert-OH is 1. The average molecular weight is 281 g/mol. The molecule has 2 rings (SSSR count). The van der Waals surface area contributed by atoms with Gasteiger partial charge in [0.15, 0.2) is 0 Å². The molecule has 1 saturated heterocycles. The summed E-state index contributed by atoms with van der Waals surface area (Å²) in [7, 11) is 1.82. The Morgan fingerprint density at radius 2 is 2.25 bits per heavy atom. The van der Waals surface area contributed by atoms with E-state index in [-0.39, 0.29) is 12.0 Å². The molecule has 0 radical (unpaired) electrons. The molecule has 1 aromatic rings. The lowest BCUT2D eigenvalue weighted by atomic mass is 9.99. The summed E-state index contributed by atoms with van der Waals surface area (Å²) < 4.78 is 7.01. The molecule has 1 amide bonds. The van der Waals surface area contributed by atoms with Gasteiger partial charge in [0, 0.05) is 32.3 Å². The van der Waals surface area contributed by atoms with Gasteiger partial charge in [-0.2, -0.15) is 5.10 Å². The van der Waals surface area contributed by atoms with Crippen molar-refractivity contribution in [3.05, 3.63) is 18.0 Å². The highest BCUT2D eigenvalue weighted by atomic mass is 16.6. The van der Waals surface area contributed by atoms with Crippen molar-refractivity contribution in [1.29, 1.82) is 0 Å². The smallest absolute Gasteiger partial charge is 0.410 e. The standard InChI is InChI=1S/C14H23N3O3/c1-14(2,3)20-13(19)17-8-5-10(9-17)12(18)11-6-7-16(4)15-11/h6-7,10,12,18H,5,8-9H2,1-4H3. The summed E-state index contributed by atoms with van der Waals surface area (Å²) in [6.45, 7) is 6.67. The summed E-state index contributed by atoms with van der Waals surface area (Å²) in [6, 6.07) is 1.81. The number of hydrogen-bond acceptors (Lipinski definition) is 4. The third kappa shape index (κ3) is 3.50. The number of ether oxygens (including phenoxy) is 1. The molecule has 6 heteroatoms. The molecule has 2 atom stereocenters. The molecule has 6 nitrogen and oxygen atoms in total. The van der Waals surface area contributed by atoms with Crippen LogP contribution in [-0.2, 0) is 11.8 Å². The fraction of sp³-hybridized carbons (Fsp3) is 0.714. The van der Waals surface area contributed by atoms with E-state index in [2.05, 4.69) is 5.10 Å². The second-order valence-electron chi connectivity index (χ2n) is 6.33. The van der Waals surface area contributed by atoms with Crippen LogP contribution in [0.25, 0.3) is 0 Å². The predicted octanol–water partition coefficient (Wildman–Crippen LogP) is 1.71. The fourth-order valence-electron chi connectivity index (χ4n) is 2.37. The van der Waals surface area contributed by atoms with E-state index in [9.17, 15) is 9.90 Å². The first-order valence-electron chi connectivity index (χ1n) is 6.92. The summed E-state index contributed by atoms with van der Waals surface area (Å²) in [6.07, 6.45) is 1.62. The molecule has 0 bridgehead atoms. The quantitative estimate of drug-likeness (QED) is 0.896. The van der Waals surface area contributed by atoms with E-state index in [4.69, 9.17) is 4.74 Å². The maximum atomic E-state index is 12.0. The number of likely N-dealkylation sites (tertiary alicyclic amines) is 1. The van der Waals surface area contributed by atoms with Crippen LogP contribution >= 0.6 is 0 Å². The number of rotatable bonds is 2. The van der Waals surface area contributed by atoms with Crippen LogP contribution in [0.5, 0.6) is 0 Å². The van der Waals surface area contributed by atoms with Crippen molar-refractivity contribution in [3.8, 4) is 0 Å². The molecular weight excluding hydrogens is 258 g/mol. The first-order chi connectivity index (χ1) is 9.26. The fourth-order valence-corrected chi connectivity index (χ4v) is 2.37. The number of aromatic nitrogens is 2. The molecule has 0 saturated carbocycles.